The van der Waals surface area contributed by atoms with Gasteiger partial charge in [0.2, 0.25) is 0 Å². The molecule has 0 N–H and O–H groups in total. The number of methoxy groups -OCH3 is 1. The van der Waals surface area contributed by atoms with Crippen LogP contribution < -0.4 is 4.90 Å². The average Bonchev–Trinajstić information content (AvgIpc) is 2.59. The van der Waals surface area contributed by atoms with Gasteiger partial charge in [-0.15, -0.1) is 0 Å². The minimum atomic E-state index is -0.366. The van der Waals surface area contributed by atoms with E-state index < -0.39 is 0 Å². The fourth-order valence-corrected chi connectivity index (χ4v) is 3.26. The normalized spacial score (nSPS) is 15.5. The molecule has 1 aromatic carbocycles. The summed E-state index contributed by atoms with van der Waals surface area (Å²) in [6, 6.07) is 6.80. The first-order valence-corrected chi connectivity index (χ1v) is 7.89. The number of aromatic nitrogens is 1. The van der Waals surface area contributed by atoms with Crippen LogP contribution in [-0.4, -0.2) is 36.1 Å². The number of nitro benzene ring substituents is 1. The van der Waals surface area contributed by atoms with E-state index in [4.69, 9.17) is 4.74 Å². The van der Waals surface area contributed by atoms with Crippen molar-refractivity contribution in [3.63, 3.8) is 0 Å². The van der Waals surface area contributed by atoms with E-state index in [1.165, 1.54) is 13.2 Å². The Hall–Kier alpha value is -2.70. The fourth-order valence-electron chi connectivity index (χ4n) is 3.26. The number of aryl methyl sites for hydroxylation is 1. The van der Waals surface area contributed by atoms with Crippen molar-refractivity contribution in [1.29, 1.82) is 0 Å². The molecule has 0 unspecified atom stereocenters. The van der Waals surface area contributed by atoms with Gasteiger partial charge in [-0.3, -0.25) is 14.9 Å². The predicted molar refractivity (Wildman–Crippen MR) is 90.1 cm³/mol. The van der Waals surface area contributed by atoms with E-state index in [-0.39, 0.29) is 22.5 Å². The van der Waals surface area contributed by atoms with Crippen LogP contribution in [0.15, 0.2) is 24.3 Å². The zero-order chi connectivity index (χ0) is 17.3. The summed E-state index contributed by atoms with van der Waals surface area (Å²) < 4.78 is 4.81. The van der Waals surface area contributed by atoms with Crippen molar-refractivity contribution in [3.8, 4) is 0 Å². The number of carbonyl (C=O) groups excluding carboxylic acids is 1. The molecule has 2 aromatic rings. The SMILES string of the molecule is COC(=O)C1CCN(c2nc(C)cc3c([N+](=O)[O-])cccc23)CC1. The predicted octanol–water partition coefficient (Wildman–Crippen LogP) is 2.84. The van der Waals surface area contributed by atoms with E-state index >= 15 is 0 Å². The Balaban J connectivity index is 1.97. The van der Waals surface area contributed by atoms with Gasteiger partial charge in [-0.2, -0.15) is 0 Å². The number of esters is 1. The van der Waals surface area contributed by atoms with Crippen molar-refractivity contribution >= 4 is 28.2 Å². The Bertz CT molecular complexity index is 798. The molecule has 1 aliphatic heterocycles. The molecule has 0 saturated carbocycles. The van der Waals surface area contributed by atoms with Gasteiger partial charge in [0.15, 0.2) is 0 Å². The summed E-state index contributed by atoms with van der Waals surface area (Å²) >= 11 is 0. The highest BCUT2D eigenvalue weighted by atomic mass is 16.6. The summed E-state index contributed by atoms with van der Waals surface area (Å²) in [5.74, 6) is 0.487. The summed E-state index contributed by atoms with van der Waals surface area (Å²) in [7, 11) is 1.41. The number of hydrogen-bond donors (Lipinski definition) is 0. The maximum atomic E-state index is 11.7. The number of piperidine rings is 1. The lowest BCUT2D eigenvalue weighted by atomic mass is 9.96. The molecule has 0 spiro atoms. The van der Waals surface area contributed by atoms with E-state index in [2.05, 4.69) is 9.88 Å². The van der Waals surface area contributed by atoms with Crippen LogP contribution in [0, 0.1) is 23.0 Å². The Kier molecular flexibility index (Phi) is 4.33. The molecule has 1 aromatic heterocycles. The topological polar surface area (TPSA) is 85.6 Å². The monoisotopic (exact) mass is 329 g/mol. The molecular weight excluding hydrogens is 310 g/mol. The number of non-ortho nitro benzene ring substituents is 1. The number of anilines is 1. The van der Waals surface area contributed by atoms with Gasteiger partial charge >= 0.3 is 5.97 Å². The third-order valence-electron chi connectivity index (χ3n) is 4.49. The van der Waals surface area contributed by atoms with Gasteiger partial charge in [-0.05, 0) is 25.8 Å². The number of fused-ring (bicyclic) bond motifs is 1. The smallest absolute Gasteiger partial charge is 0.308 e. The molecule has 1 fully saturated rings. The van der Waals surface area contributed by atoms with Crippen LogP contribution in [0.25, 0.3) is 10.8 Å². The molecule has 126 valence electrons. The molecule has 7 nitrogen and oxygen atoms in total. The standard InChI is InChI=1S/C17H19N3O4/c1-11-10-14-13(4-3-5-15(14)20(22)23)16(18-11)19-8-6-12(7-9-19)17(21)24-2/h3-5,10,12H,6-9H2,1-2H3. The molecular formula is C17H19N3O4. The first kappa shape index (κ1) is 16.2. The molecule has 0 amide bonds. The number of benzene rings is 1. The van der Waals surface area contributed by atoms with Gasteiger partial charge in [0.05, 0.1) is 23.3 Å². The molecule has 0 aliphatic carbocycles. The van der Waals surface area contributed by atoms with E-state index in [0.29, 0.717) is 31.3 Å². The third kappa shape index (κ3) is 2.89. The van der Waals surface area contributed by atoms with E-state index in [9.17, 15) is 14.9 Å². The van der Waals surface area contributed by atoms with Crippen molar-refractivity contribution in [2.24, 2.45) is 5.92 Å². The summed E-state index contributed by atoms with van der Waals surface area (Å²) in [4.78, 5) is 29.3. The van der Waals surface area contributed by atoms with Crippen LogP contribution in [-0.2, 0) is 9.53 Å². The maximum Gasteiger partial charge on any atom is 0.308 e. The molecule has 2 heterocycles. The van der Waals surface area contributed by atoms with Crippen LogP contribution in [0.2, 0.25) is 0 Å². The molecule has 0 bridgehead atoms. The fraction of sp³-hybridized carbons (Fsp3) is 0.412. The average molecular weight is 329 g/mol. The summed E-state index contributed by atoms with van der Waals surface area (Å²) in [5, 5.41) is 12.7. The Morgan fingerprint density at radius 2 is 2.04 bits per heavy atom. The first-order valence-electron chi connectivity index (χ1n) is 7.89. The zero-order valence-corrected chi connectivity index (χ0v) is 13.7. The minimum Gasteiger partial charge on any atom is -0.469 e. The first-order chi connectivity index (χ1) is 11.5. The minimum absolute atomic E-state index is 0.0864. The van der Waals surface area contributed by atoms with Crippen molar-refractivity contribution in [2.75, 3.05) is 25.1 Å². The number of nitrogens with zero attached hydrogens (tertiary/aromatic N) is 3. The highest BCUT2D eigenvalue weighted by Crippen LogP contribution is 2.33. The molecule has 1 saturated heterocycles. The zero-order valence-electron chi connectivity index (χ0n) is 13.7. The number of rotatable bonds is 3. The van der Waals surface area contributed by atoms with Gasteiger partial charge in [0.1, 0.15) is 5.82 Å². The van der Waals surface area contributed by atoms with Crippen molar-refractivity contribution in [3.05, 3.63) is 40.1 Å². The number of hydrogen-bond acceptors (Lipinski definition) is 6. The molecule has 7 heteroatoms. The van der Waals surface area contributed by atoms with Gasteiger partial charge in [0, 0.05) is 30.2 Å². The van der Waals surface area contributed by atoms with Crippen molar-refractivity contribution < 1.29 is 14.5 Å². The van der Waals surface area contributed by atoms with Gasteiger partial charge in [-0.1, -0.05) is 12.1 Å². The van der Waals surface area contributed by atoms with Gasteiger partial charge < -0.3 is 9.64 Å². The second-order valence-electron chi connectivity index (χ2n) is 6.00. The lowest BCUT2D eigenvalue weighted by molar-refractivity contribution is -0.383. The van der Waals surface area contributed by atoms with Crippen LogP contribution >= 0.6 is 0 Å². The quantitative estimate of drug-likeness (QED) is 0.489. The van der Waals surface area contributed by atoms with Crippen molar-refractivity contribution in [2.45, 2.75) is 19.8 Å². The summed E-state index contributed by atoms with van der Waals surface area (Å²) in [5.41, 5.74) is 0.825. The van der Waals surface area contributed by atoms with E-state index in [1.807, 2.05) is 13.0 Å². The summed E-state index contributed by atoms with van der Waals surface area (Å²) in [6.07, 6.45) is 1.39. The second kappa shape index (κ2) is 6.43. The van der Waals surface area contributed by atoms with E-state index in [1.54, 1.807) is 12.1 Å². The maximum absolute atomic E-state index is 11.7. The Morgan fingerprint density at radius 1 is 1.33 bits per heavy atom. The largest absolute Gasteiger partial charge is 0.469 e. The Labute approximate surface area is 139 Å². The van der Waals surface area contributed by atoms with Gasteiger partial charge in [0.25, 0.3) is 5.69 Å². The third-order valence-corrected chi connectivity index (χ3v) is 4.49. The highest BCUT2D eigenvalue weighted by molar-refractivity contribution is 5.98. The molecule has 1 aliphatic rings. The lowest BCUT2D eigenvalue weighted by Gasteiger charge is -2.32. The van der Waals surface area contributed by atoms with Crippen LogP contribution in [0.5, 0.6) is 0 Å². The van der Waals surface area contributed by atoms with Crippen LogP contribution in [0.1, 0.15) is 18.5 Å². The number of nitro groups is 1. The summed E-state index contributed by atoms with van der Waals surface area (Å²) in [6.45, 7) is 3.18. The van der Waals surface area contributed by atoms with E-state index in [0.717, 1.165) is 16.9 Å². The highest BCUT2D eigenvalue weighted by Gasteiger charge is 2.27. The molecule has 3 rings (SSSR count). The van der Waals surface area contributed by atoms with Gasteiger partial charge in [-0.25, -0.2) is 4.98 Å². The molecule has 0 radical (unpaired) electrons. The molecule has 24 heavy (non-hydrogen) atoms. The second-order valence-corrected chi connectivity index (χ2v) is 6.00. The Morgan fingerprint density at radius 3 is 2.67 bits per heavy atom. The lowest BCUT2D eigenvalue weighted by Crippen LogP contribution is -2.37. The number of pyridine rings is 1. The molecule has 0 atom stereocenters. The van der Waals surface area contributed by atoms with Crippen molar-refractivity contribution in [1.82, 2.24) is 4.98 Å². The number of ether oxygens (including phenoxy) is 1. The van der Waals surface area contributed by atoms with Crippen LogP contribution in [0.3, 0.4) is 0 Å². The van der Waals surface area contributed by atoms with Crippen LogP contribution in [0.4, 0.5) is 11.5 Å². The number of carbonyl (C=O) groups is 1.